The van der Waals surface area contributed by atoms with Crippen LogP contribution in [0.4, 0.5) is 35.0 Å². The Morgan fingerprint density at radius 1 is 0.966 bits per heavy atom. The summed E-state index contributed by atoms with van der Waals surface area (Å²) in [5, 5.41) is 2.83. The summed E-state index contributed by atoms with van der Waals surface area (Å²) in [4.78, 5) is 12.8. The number of nitrogens with zero attached hydrogens (tertiary/aromatic N) is 4. The normalized spacial score (nSPS) is 11.8. The number of aromatic nitrogens is 4. The second-order valence-corrected chi connectivity index (χ2v) is 6.30. The molecule has 0 amide bonds. The predicted octanol–water partition coefficient (Wildman–Crippen LogP) is 4.61. The molecule has 2 heterocycles. The summed E-state index contributed by atoms with van der Waals surface area (Å²) in [6, 6.07) is 10.1. The van der Waals surface area contributed by atoms with Gasteiger partial charge in [-0.05, 0) is 43.3 Å². The average molecular weight is 402 g/mol. The van der Waals surface area contributed by atoms with Gasteiger partial charge in [-0.15, -0.1) is 0 Å². The van der Waals surface area contributed by atoms with Crippen molar-refractivity contribution in [3.8, 4) is 5.82 Å². The van der Waals surface area contributed by atoms with Crippen LogP contribution in [0.25, 0.3) is 16.9 Å². The Kier molecular flexibility index (Phi) is 4.33. The van der Waals surface area contributed by atoms with Crippen LogP contribution in [0.3, 0.4) is 0 Å². The number of nitrogens with two attached hydrogens (primary N) is 1. The summed E-state index contributed by atoms with van der Waals surface area (Å²) >= 11 is 0. The lowest BCUT2D eigenvalue weighted by Gasteiger charge is -2.11. The van der Waals surface area contributed by atoms with Crippen LogP contribution in [0.5, 0.6) is 0 Å². The molecule has 4 rings (SSSR count). The Morgan fingerprint density at radius 2 is 1.69 bits per heavy atom. The van der Waals surface area contributed by atoms with E-state index in [9.17, 15) is 17.6 Å². The zero-order valence-electron chi connectivity index (χ0n) is 15.0. The molecule has 0 bridgehead atoms. The number of nitrogen functional groups attached to an aromatic ring is 1. The van der Waals surface area contributed by atoms with Crippen molar-refractivity contribution in [1.82, 2.24) is 19.5 Å². The highest BCUT2D eigenvalue weighted by atomic mass is 19.4. The lowest BCUT2D eigenvalue weighted by Crippen LogP contribution is -2.07. The van der Waals surface area contributed by atoms with Crippen LogP contribution in [-0.4, -0.2) is 19.5 Å². The van der Waals surface area contributed by atoms with Gasteiger partial charge in [-0.1, -0.05) is 0 Å². The molecule has 0 saturated carbocycles. The average Bonchev–Trinajstić information content (AvgIpc) is 2.96. The number of fused-ring (bicyclic) bond motifs is 1. The lowest BCUT2D eigenvalue weighted by atomic mass is 10.2. The molecule has 0 saturated heterocycles. The van der Waals surface area contributed by atoms with E-state index in [4.69, 9.17) is 5.73 Å². The molecule has 4 aromatic rings. The number of anilines is 3. The topological polar surface area (TPSA) is 81.7 Å². The van der Waals surface area contributed by atoms with Gasteiger partial charge >= 0.3 is 6.18 Å². The van der Waals surface area contributed by atoms with Gasteiger partial charge in [-0.3, -0.25) is 4.57 Å². The lowest BCUT2D eigenvalue weighted by molar-refractivity contribution is -0.137. The molecule has 0 unspecified atom stereocenters. The molecule has 0 atom stereocenters. The molecular formula is C19H14F4N6. The first kappa shape index (κ1) is 18.7. The number of benzene rings is 2. The minimum Gasteiger partial charge on any atom is -0.383 e. The minimum absolute atomic E-state index is 0.0809. The fourth-order valence-corrected chi connectivity index (χ4v) is 2.95. The van der Waals surface area contributed by atoms with Crippen LogP contribution in [0.1, 0.15) is 11.4 Å². The van der Waals surface area contributed by atoms with Crippen molar-refractivity contribution in [2.75, 3.05) is 11.1 Å². The third-order valence-corrected chi connectivity index (χ3v) is 4.21. The van der Waals surface area contributed by atoms with E-state index >= 15 is 0 Å². The van der Waals surface area contributed by atoms with Crippen LogP contribution >= 0.6 is 0 Å². The van der Waals surface area contributed by atoms with Gasteiger partial charge in [0.15, 0.2) is 0 Å². The summed E-state index contributed by atoms with van der Waals surface area (Å²) in [6.07, 6.45) is -4.42. The van der Waals surface area contributed by atoms with Gasteiger partial charge in [0.1, 0.15) is 23.3 Å². The maximum atomic E-state index is 13.7. The zero-order chi connectivity index (χ0) is 20.8. The van der Waals surface area contributed by atoms with Gasteiger partial charge in [0.2, 0.25) is 5.95 Å². The molecule has 0 spiro atoms. The van der Waals surface area contributed by atoms with E-state index in [2.05, 4.69) is 20.3 Å². The molecular weight excluding hydrogens is 388 g/mol. The standard InChI is InChI=1S/C19H14F4N6/c1-10-25-14-7-4-12(20)8-15(14)29(10)17-9-16(24)27-18(28-17)26-13-5-2-11(3-6-13)19(21,22)23/h2-9H,1H3,(H3,24,26,27,28). The maximum Gasteiger partial charge on any atom is 0.416 e. The number of imidazole rings is 1. The molecule has 2 aromatic carbocycles. The van der Waals surface area contributed by atoms with Gasteiger partial charge in [0.25, 0.3) is 0 Å². The number of nitrogens with one attached hydrogen (secondary N) is 1. The van der Waals surface area contributed by atoms with E-state index in [1.165, 1.54) is 30.3 Å². The van der Waals surface area contributed by atoms with E-state index < -0.39 is 17.6 Å². The monoisotopic (exact) mass is 402 g/mol. The molecule has 2 aromatic heterocycles. The van der Waals surface area contributed by atoms with Crippen molar-refractivity contribution < 1.29 is 17.6 Å². The number of alkyl halides is 3. The summed E-state index contributed by atoms with van der Waals surface area (Å²) in [5.74, 6) is 0.685. The highest BCUT2D eigenvalue weighted by molar-refractivity contribution is 5.78. The van der Waals surface area contributed by atoms with E-state index in [0.717, 1.165) is 12.1 Å². The molecule has 0 aliphatic rings. The van der Waals surface area contributed by atoms with Crippen molar-refractivity contribution in [1.29, 1.82) is 0 Å². The Hall–Kier alpha value is -3.69. The molecule has 148 valence electrons. The van der Waals surface area contributed by atoms with Crippen LogP contribution in [-0.2, 0) is 6.18 Å². The smallest absolute Gasteiger partial charge is 0.383 e. The van der Waals surface area contributed by atoms with Crippen LogP contribution in [0.15, 0.2) is 48.5 Å². The largest absolute Gasteiger partial charge is 0.416 e. The SMILES string of the molecule is Cc1nc2ccc(F)cc2n1-c1cc(N)nc(Nc2ccc(C(F)(F)F)cc2)n1. The van der Waals surface area contributed by atoms with Crippen LogP contribution in [0, 0.1) is 12.7 Å². The molecule has 0 aliphatic heterocycles. The third-order valence-electron chi connectivity index (χ3n) is 4.21. The van der Waals surface area contributed by atoms with Gasteiger partial charge < -0.3 is 11.1 Å². The molecule has 10 heteroatoms. The zero-order valence-corrected chi connectivity index (χ0v) is 15.0. The van der Waals surface area contributed by atoms with Gasteiger partial charge in [-0.25, -0.2) is 9.37 Å². The number of rotatable bonds is 3. The molecule has 6 nitrogen and oxygen atoms in total. The minimum atomic E-state index is -4.42. The number of hydrogen-bond donors (Lipinski definition) is 2. The first-order valence-electron chi connectivity index (χ1n) is 8.44. The second kappa shape index (κ2) is 6.73. The van der Waals surface area contributed by atoms with Crippen LogP contribution < -0.4 is 11.1 Å². The number of halogens is 4. The third kappa shape index (κ3) is 3.68. The van der Waals surface area contributed by atoms with Crippen molar-refractivity contribution >= 4 is 28.5 Å². The summed E-state index contributed by atoms with van der Waals surface area (Å²) in [7, 11) is 0. The number of aryl methyl sites for hydroxylation is 1. The van der Waals surface area contributed by atoms with E-state index in [0.29, 0.717) is 28.4 Å². The second-order valence-electron chi connectivity index (χ2n) is 6.30. The molecule has 0 radical (unpaired) electrons. The predicted molar refractivity (Wildman–Crippen MR) is 100 cm³/mol. The first-order chi connectivity index (χ1) is 13.7. The van der Waals surface area contributed by atoms with Gasteiger partial charge in [-0.2, -0.15) is 23.1 Å². The van der Waals surface area contributed by atoms with Gasteiger partial charge in [0, 0.05) is 17.8 Å². The van der Waals surface area contributed by atoms with Gasteiger partial charge in [0.05, 0.1) is 16.6 Å². The Balaban J connectivity index is 1.72. The van der Waals surface area contributed by atoms with Crippen molar-refractivity contribution in [3.05, 3.63) is 65.7 Å². The Morgan fingerprint density at radius 3 is 2.38 bits per heavy atom. The fraction of sp³-hybridized carbons (Fsp3) is 0.105. The van der Waals surface area contributed by atoms with Crippen molar-refractivity contribution in [2.45, 2.75) is 13.1 Å². The summed E-state index contributed by atoms with van der Waals surface area (Å²) < 4.78 is 53.5. The highest BCUT2D eigenvalue weighted by Gasteiger charge is 2.30. The molecule has 29 heavy (non-hydrogen) atoms. The Labute approximate surface area is 162 Å². The number of hydrogen-bond acceptors (Lipinski definition) is 5. The first-order valence-corrected chi connectivity index (χ1v) is 8.44. The molecule has 0 aliphatic carbocycles. The summed E-state index contributed by atoms with van der Waals surface area (Å²) in [6.45, 7) is 1.74. The molecule has 3 N–H and O–H groups in total. The maximum absolute atomic E-state index is 13.7. The summed E-state index contributed by atoms with van der Waals surface area (Å²) in [5.41, 5.74) is 6.55. The van der Waals surface area contributed by atoms with E-state index in [-0.39, 0.29) is 11.8 Å². The van der Waals surface area contributed by atoms with Crippen molar-refractivity contribution in [2.24, 2.45) is 0 Å². The quantitative estimate of drug-likeness (QED) is 0.489. The van der Waals surface area contributed by atoms with E-state index in [1.807, 2.05) is 0 Å². The Bertz CT molecular complexity index is 1200. The fourth-order valence-electron chi connectivity index (χ4n) is 2.95. The van der Waals surface area contributed by atoms with E-state index in [1.54, 1.807) is 17.6 Å². The van der Waals surface area contributed by atoms with Crippen LogP contribution in [0.2, 0.25) is 0 Å². The highest BCUT2D eigenvalue weighted by Crippen LogP contribution is 2.30. The molecule has 0 fully saturated rings. The van der Waals surface area contributed by atoms with Crippen molar-refractivity contribution in [3.63, 3.8) is 0 Å².